The summed E-state index contributed by atoms with van der Waals surface area (Å²) in [6.07, 6.45) is 7.81. The summed E-state index contributed by atoms with van der Waals surface area (Å²) in [6, 6.07) is 0. The predicted octanol–water partition coefficient (Wildman–Crippen LogP) is 3.24. The van der Waals surface area contributed by atoms with Crippen molar-refractivity contribution in [3.8, 4) is 0 Å². The molecule has 0 unspecified atom stereocenters. The minimum absolute atomic E-state index is 0.103. The molecule has 0 spiro atoms. The van der Waals surface area contributed by atoms with Gasteiger partial charge in [0.1, 0.15) is 0 Å². The van der Waals surface area contributed by atoms with Crippen molar-refractivity contribution >= 4 is 33.5 Å². The van der Waals surface area contributed by atoms with Gasteiger partial charge in [-0.05, 0) is 12.8 Å². The van der Waals surface area contributed by atoms with Crippen LogP contribution in [0, 0.1) is 0 Å². The molecule has 134 valence electrons. The van der Waals surface area contributed by atoms with Crippen LogP contribution >= 0.6 is 0 Å². The average molecular weight is 343 g/mol. The molecular formula is C18H25N5O2. The second-order valence-electron chi connectivity index (χ2n) is 6.43. The van der Waals surface area contributed by atoms with Gasteiger partial charge in [0.05, 0.1) is 22.0 Å². The maximum Gasteiger partial charge on any atom is 0.262 e. The van der Waals surface area contributed by atoms with Crippen LogP contribution in [0.25, 0.3) is 21.9 Å². The fraction of sp³-hybridized carbons (Fsp3) is 0.500. The summed E-state index contributed by atoms with van der Waals surface area (Å²) in [6.45, 7) is 7.12. The zero-order chi connectivity index (χ0) is 18.0. The molecule has 7 nitrogen and oxygen atoms in total. The van der Waals surface area contributed by atoms with Crippen molar-refractivity contribution in [2.45, 2.75) is 59.5 Å². The van der Waals surface area contributed by atoms with Crippen LogP contribution in [0.1, 0.15) is 46.5 Å². The number of nitrogens with one attached hydrogen (secondary N) is 2. The number of aromatic nitrogens is 4. The smallest absolute Gasteiger partial charge is 0.262 e. The first-order valence-corrected chi connectivity index (χ1v) is 8.95. The van der Waals surface area contributed by atoms with Gasteiger partial charge in [-0.15, -0.1) is 0 Å². The van der Waals surface area contributed by atoms with Crippen molar-refractivity contribution in [2.24, 2.45) is 0 Å². The van der Waals surface area contributed by atoms with Gasteiger partial charge >= 0.3 is 0 Å². The van der Waals surface area contributed by atoms with Crippen LogP contribution in [0.3, 0.4) is 0 Å². The first kappa shape index (κ1) is 17.3. The van der Waals surface area contributed by atoms with E-state index in [-0.39, 0.29) is 11.5 Å². The molecule has 0 aromatic carbocycles. The van der Waals surface area contributed by atoms with Gasteiger partial charge < -0.3 is 15.0 Å². The first-order valence-electron chi connectivity index (χ1n) is 8.95. The van der Waals surface area contributed by atoms with E-state index in [1.807, 2.05) is 17.8 Å². The molecule has 7 heteroatoms. The SMILES string of the molecule is CCCCCn1[nH]cc2c(NC(C)=O)c3c(=O)n(CCC)cc3nc21. The number of fused-ring (bicyclic) bond motifs is 2. The van der Waals surface area contributed by atoms with E-state index < -0.39 is 0 Å². The number of hydrogen-bond acceptors (Lipinski definition) is 3. The number of pyridine rings is 1. The number of unbranched alkanes of at least 4 members (excludes halogenated alkanes) is 2. The third-order valence-corrected chi connectivity index (χ3v) is 4.37. The van der Waals surface area contributed by atoms with Crippen molar-refractivity contribution in [2.75, 3.05) is 5.32 Å². The Labute approximate surface area is 146 Å². The van der Waals surface area contributed by atoms with E-state index in [0.717, 1.165) is 43.3 Å². The Morgan fingerprint density at radius 1 is 1.24 bits per heavy atom. The van der Waals surface area contributed by atoms with Crippen LogP contribution in [0.5, 0.6) is 0 Å². The third-order valence-electron chi connectivity index (χ3n) is 4.37. The number of carbonyl (C=O) groups excluding carboxylic acids is 1. The molecule has 3 heterocycles. The summed E-state index contributed by atoms with van der Waals surface area (Å²) in [5, 5.41) is 7.30. The van der Waals surface area contributed by atoms with Crippen molar-refractivity contribution in [1.82, 2.24) is 19.3 Å². The van der Waals surface area contributed by atoms with Crippen LogP contribution < -0.4 is 10.9 Å². The van der Waals surface area contributed by atoms with E-state index in [1.54, 1.807) is 10.8 Å². The van der Waals surface area contributed by atoms with Crippen molar-refractivity contribution in [3.05, 3.63) is 22.7 Å². The molecule has 0 aliphatic carbocycles. The third kappa shape index (κ3) is 3.18. The lowest BCUT2D eigenvalue weighted by molar-refractivity contribution is -0.114. The molecular weight excluding hydrogens is 318 g/mol. The molecule has 3 aromatic rings. The van der Waals surface area contributed by atoms with Gasteiger partial charge in [0.25, 0.3) is 5.56 Å². The van der Waals surface area contributed by atoms with Crippen molar-refractivity contribution in [3.63, 3.8) is 0 Å². The van der Waals surface area contributed by atoms with Crippen LogP contribution in [0.4, 0.5) is 5.69 Å². The van der Waals surface area contributed by atoms with E-state index in [0.29, 0.717) is 23.1 Å². The van der Waals surface area contributed by atoms with Gasteiger partial charge in [-0.1, -0.05) is 26.7 Å². The van der Waals surface area contributed by atoms with E-state index >= 15 is 0 Å². The van der Waals surface area contributed by atoms with Gasteiger partial charge in [0.15, 0.2) is 5.65 Å². The highest BCUT2D eigenvalue weighted by atomic mass is 16.1. The van der Waals surface area contributed by atoms with E-state index in [2.05, 4.69) is 17.3 Å². The highest BCUT2D eigenvalue weighted by Crippen LogP contribution is 2.29. The maximum atomic E-state index is 12.7. The van der Waals surface area contributed by atoms with E-state index in [1.165, 1.54) is 6.92 Å². The molecule has 0 fully saturated rings. The fourth-order valence-electron chi connectivity index (χ4n) is 3.21. The number of carbonyl (C=O) groups is 1. The Morgan fingerprint density at radius 2 is 2.04 bits per heavy atom. The highest BCUT2D eigenvalue weighted by Gasteiger charge is 2.19. The highest BCUT2D eigenvalue weighted by molar-refractivity contribution is 6.11. The summed E-state index contributed by atoms with van der Waals surface area (Å²) < 4.78 is 3.66. The predicted molar refractivity (Wildman–Crippen MR) is 100.0 cm³/mol. The summed E-state index contributed by atoms with van der Waals surface area (Å²) in [7, 11) is 0. The molecule has 0 aliphatic rings. The molecule has 0 radical (unpaired) electrons. The summed E-state index contributed by atoms with van der Waals surface area (Å²) >= 11 is 0. The summed E-state index contributed by atoms with van der Waals surface area (Å²) in [5.74, 6) is -0.199. The normalized spacial score (nSPS) is 11.5. The number of nitrogens with zero attached hydrogens (tertiary/aromatic N) is 3. The Balaban J connectivity index is 2.21. The molecule has 25 heavy (non-hydrogen) atoms. The Bertz CT molecular complexity index is 963. The van der Waals surface area contributed by atoms with Gasteiger partial charge in [-0.25, -0.2) is 4.98 Å². The summed E-state index contributed by atoms with van der Waals surface area (Å²) in [5.41, 5.74) is 1.84. The van der Waals surface area contributed by atoms with Crippen molar-refractivity contribution < 1.29 is 4.79 Å². The number of aryl methyl sites for hydroxylation is 2. The van der Waals surface area contributed by atoms with Crippen LogP contribution in [-0.4, -0.2) is 25.2 Å². The van der Waals surface area contributed by atoms with Gasteiger partial charge in [0.2, 0.25) is 5.91 Å². The minimum atomic E-state index is -0.199. The first-order chi connectivity index (χ1) is 12.1. The van der Waals surface area contributed by atoms with Crippen molar-refractivity contribution in [1.29, 1.82) is 0 Å². The zero-order valence-electron chi connectivity index (χ0n) is 15.1. The number of H-pyrrole nitrogens is 1. The molecule has 3 aromatic heterocycles. The largest absolute Gasteiger partial charge is 0.325 e. The Morgan fingerprint density at radius 3 is 2.72 bits per heavy atom. The number of rotatable bonds is 7. The fourth-order valence-corrected chi connectivity index (χ4v) is 3.21. The molecule has 0 bridgehead atoms. The van der Waals surface area contributed by atoms with E-state index in [9.17, 15) is 9.59 Å². The standard InChI is InChI=1S/C18H25N5O2/c1-4-6-7-9-23-17-13(10-19-23)16(20-12(3)24)15-14(21-17)11-22(8-5-2)18(15)25/h10-11,19H,4-9H2,1-3H3,(H,20,24). The quantitative estimate of drug-likeness (QED) is 0.646. The number of anilines is 1. The van der Waals surface area contributed by atoms with Gasteiger partial charge in [-0.2, -0.15) is 0 Å². The zero-order valence-corrected chi connectivity index (χ0v) is 15.1. The maximum absolute atomic E-state index is 12.7. The topological polar surface area (TPSA) is 84.7 Å². The molecule has 3 rings (SSSR count). The second-order valence-corrected chi connectivity index (χ2v) is 6.43. The number of amides is 1. The number of hydrogen-bond donors (Lipinski definition) is 2. The van der Waals surface area contributed by atoms with E-state index in [4.69, 9.17) is 4.98 Å². The lowest BCUT2D eigenvalue weighted by Crippen LogP contribution is -2.16. The lowest BCUT2D eigenvalue weighted by atomic mass is 10.2. The average Bonchev–Trinajstić information content (AvgIpc) is 3.10. The number of aromatic amines is 1. The Hall–Kier alpha value is -2.57. The molecule has 0 aliphatic heterocycles. The summed E-state index contributed by atoms with van der Waals surface area (Å²) in [4.78, 5) is 29.1. The van der Waals surface area contributed by atoms with Crippen LogP contribution in [0.2, 0.25) is 0 Å². The molecule has 1 amide bonds. The molecule has 0 atom stereocenters. The lowest BCUT2D eigenvalue weighted by Gasteiger charge is -2.07. The molecule has 2 N–H and O–H groups in total. The second kappa shape index (κ2) is 7.13. The van der Waals surface area contributed by atoms with Crippen LogP contribution in [0.15, 0.2) is 17.2 Å². The van der Waals surface area contributed by atoms with Crippen LogP contribution in [-0.2, 0) is 17.9 Å². The molecule has 0 saturated heterocycles. The minimum Gasteiger partial charge on any atom is -0.325 e. The van der Waals surface area contributed by atoms with Gasteiger partial charge in [0, 0.05) is 32.4 Å². The Kier molecular flexibility index (Phi) is 4.92. The monoisotopic (exact) mass is 343 g/mol. The van der Waals surface area contributed by atoms with Gasteiger partial charge in [-0.3, -0.25) is 14.3 Å². The molecule has 0 saturated carbocycles.